The van der Waals surface area contributed by atoms with Crippen molar-refractivity contribution in [3.63, 3.8) is 0 Å². The van der Waals surface area contributed by atoms with Crippen molar-refractivity contribution in [3.8, 4) is 0 Å². The molecule has 0 radical (unpaired) electrons. The normalized spacial score (nSPS) is 18.3. The third kappa shape index (κ3) is 3.82. The molecule has 3 aromatic carbocycles. The molecule has 0 N–H and O–H groups in total. The van der Waals surface area contributed by atoms with Crippen LogP contribution in [-0.2, 0) is 10.0 Å². The van der Waals surface area contributed by atoms with Gasteiger partial charge in [0, 0.05) is 26.2 Å². The molecule has 0 saturated carbocycles. The molecule has 0 amide bonds. The number of hydrogen-bond donors (Lipinski definition) is 0. The summed E-state index contributed by atoms with van der Waals surface area (Å²) < 4.78 is 29.0. The van der Waals surface area contributed by atoms with E-state index in [2.05, 4.69) is 0 Å². The Hall–Kier alpha value is -3.72. The predicted molar refractivity (Wildman–Crippen MR) is 122 cm³/mol. The van der Waals surface area contributed by atoms with Gasteiger partial charge in [-0.2, -0.15) is 0 Å². The van der Waals surface area contributed by atoms with Crippen molar-refractivity contribution in [3.05, 3.63) is 106 Å². The smallest absolute Gasteiger partial charge is 0.269 e. The summed E-state index contributed by atoms with van der Waals surface area (Å²) in [6, 6.07) is 22.8. The van der Waals surface area contributed by atoms with Crippen LogP contribution in [0.4, 0.5) is 5.69 Å². The Bertz CT molecular complexity index is 1240. The summed E-state index contributed by atoms with van der Waals surface area (Å²) in [6.07, 6.45) is 0. The molecule has 4 rings (SSSR count). The van der Waals surface area contributed by atoms with E-state index >= 15 is 0 Å². The molecule has 8 nitrogen and oxygen atoms in total. The lowest BCUT2D eigenvalue weighted by molar-refractivity contribution is -0.384. The first-order chi connectivity index (χ1) is 15.3. The van der Waals surface area contributed by atoms with Crippen LogP contribution in [0, 0.1) is 10.1 Å². The lowest BCUT2D eigenvalue weighted by atomic mass is 9.95. The molecule has 0 fully saturated rings. The minimum absolute atomic E-state index is 0.0349. The van der Waals surface area contributed by atoms with Crippen molar-refractivity contribution in [2.45, 2.75) is 17.0 Å². The number of rotatable bonds is 5. The number of nitrogens with zero attached hydrogens (tertiary/aromatic N) is 4. The van der Waals surface area contributed by atoms with Crippen LogP contribution in [0.1, 0.15) is 23.2 Å². The van der Waals surface area contributed by atoms with Crippen molar-refractivity contribution < 1.29 is 13.3 Å². The number of benzene rings is 3. The third-order valence-electron chi connectivity index (χ3n) is 5.29. The standard InChI is InChI=1S/C23H22N4O4S/c1-25(2)23-24-21(17-9-5-3-6-10-17)22(18-11-7-4-8-12-18)26(23)32(30,31)20-15-13-19(14-16-20)27(28)29/h3-16,21-22H,1-2H3. The fourth-order valence-electron chi connectivity index (χ4n) is 3.80. The van der Waals surface area contributed by atoms with Gasteiger partial charge in [-0.25, -0.2) is 17.7 Å². The summed E-state index contributed by atoms with van der Waals surface area (Å²) in [7, 11) is -0.590. The van der Waals surface area contributed by atoms with Gasteiger partial charge in [0.15, 0.2) is 0 Å². The second-order valence-corrected chi connectivity index (χ2v) is 9.40. The van der Waals surface area contributed by atoms with Crippen LogP contribution in [0.25, 0.3) is 0 Å². The molecule has 1 aliphatic rings. The molecule has 9 heteroatoms. The average Bonchev–Trinajstić information content (AvgIpc) is 3.22. The maximum atomic E-state index is 13.8. The van der Waals surface area contributed by atoms with Gasteiger partial charge in [0.25, 0.3) is 15.7 Å². The number of aliphatic imine (C=N–C) groups is 1. The second kappa shape index (κ2) is 8.43. The maximum Gasteiger partial charge on any atom is 0.269 e. The third-order valence-corrected chi connectivity index (χ3v) is 7.07. The molecule has 164 valence electrons. The molecule has 0 aromatic heterocycles. The molecule has 0 spiro atoms. The Kier molecular flexibility index (Phi) is 5.67. The molecule has 1 aliphatic heterocycles. The number of nitro benzene ring substituents is 1. The molecule has 2 unspecified atom stereocenters. The van der Waals surface area contributed by atoms with E-state index in [9.17, 15) is 18.5 Å². The van der Waals surface area contributed by atoms with Gasteiger partial charge in [0.2, 0.25) is 5.96 Å². The zero-order valence-electron chi connectivity index (χ0n) is 17.6. The number of nitro groups is 1. The second-order valence-electron chi connectivity index (χ2n) is 7.59. The zero-order chi connectivity index (χ0) is 22.9. The van der Waals surface area contributed by atoms with E-state index in [1.54, 1.807) is 19.0 Å². The van der Waals surface area contributed by atoms with E-state index in [4.69, 9.17) is 4.99 Å². The van der Waals surface area contributed by atoms with Gasteiger partial charge >= 0.3 is 0 Å². The fraction of sp³-hybridized carbons (Fsp3) is 0.174. The molecular formula is C23H22N4O4S. The minimum atomic E-state index is -4.08. The molecule has 0 aliphatic carbocycles. The summed E-state index contributed by atoms with van der Waals surface area (Å²) in [4.78, 5) is 16.9. The number of non-ortho nitro benzene ring substituents is 1. The van der Waals surface area contributed by atoms with Gasteiger partial charge < -0.3 is 4.90 Å². The van der Waals surface area contributed by atoms with E-state index in [0.717, 1.165) is 11.1 Å². The van der Waals surface area contributed by atoms with Crippen LogP contribution in [-0.4, -0.2) is 42.6 Å². The Morgan fingerprint density at radius 3 is 1.91 bits per heavy atom. The van der Waals surface area contributed by atoms with Crippen LogP contribution >= 0.6 is 0 Å². The van der Waals surface area contributed by atoms with Crippen molar-refractivity contribution in [1.82, 2.24) is 9.21 Å². The minimum Gasteiger partial charge on any atom is -0.348 e. The summed E-state index contributed by atoms with van der Waals surface area (Å²) in [5.74, 6) is 0.297. The lowest BCUT2D eigenvalue weighted by Gasteiger charge is -2.32. The summed E-state index contributed by atoms with van der Waals surface area (Å²) in [5, 5.41) is 11.0. The molecule has 0 saturated heterocycles. The van der Waals surface area contributed by atoms with Crippen LogP contribution in [0.5, 0.6) is 0 Å². The topological polar surface area (TPSA) is 96.1 Å². The Morgan fingerprint density at radius 1 is 0.875 bits per heavy atom. The molecule has 32 heavy (non-hydrogen) atoms. The zero-order valence-corrected chi connectivity index (χ0v) is 18.4. The highest BCUT2D eigenvalue weighted by Gasteiger charge is 2.46. The molecule has 2 atom stereocenters. The van der Waals surface area contributed by atoms with Gasteiger partial charge in [0.05, 0.1) is 15.9 Å². The van der Waals surface area contributed by atoms with E-state index < -0.39 is 27.0 Å². The average molecular weight is 451 g/mol. The molecule has 1 heterocycles. The van der Waals surface area contributed by atoms with E-state index in [1.165, 1.54) is 28.6 Å². The first-order valence-corrected chi connectivity index (χ1v) is 11.4. The molecule has 0 bridgehead atoms. The van der Waals surface area contributed by atoms with Crippen LogP contribution in [0.15, 0.2) is 94.8 Å². The van der Waals surface area contributed by atoms with Gasteiger partial charge in [0.1, 0.15) is 6.04 Å². The van der Waals surface area contributed by atoms with E-state index in [1.807, 2.05) is 60.7 Å². The van der Waals surface area contributed by atoms with Crippen LogP contribution in [0.2, 0.25) is 0 Å². The van der Waals surface area contributed by atoms with E-state index in [0.29, 0.717) is 5.96 Å². The molecule has 3 aromatic rings. The van der Waals surface area contributed by atoms with Gasteiger partial charge in [-0.05, 0) is 23.3 Å². The number of hydrogen-bond acceptors (Lipinski definition) is 6. The Balaban J connectivity index is 1.88. The van der Waals surface area contributed by atoms with Crippen LogP contribution in [0.3, 0.4) is 0 Å². The first kappa shape index (κ1) is 21.5. The Morgan fingerprint density at radius 2 is 1.41 bits per heavy atom. The number of guanidine groups is 1. The fourth-order valence-corrected chi connectivity index (χ4v) is 5.47. The van der Waals surface area contributed by atoms with Crippen molar-refractivity contribution in [1.29, 1.82) is 0 Å². The number of sulfonamides is 1. The van der Waals surface area contributed by atoms with Gasteiger partial charge in [-0.1, -0.05) is 60.7 Å². The highest BCUT2D eigenvalue weighted by Crippen LogP contribution is 2.45. The highest BCUT2D eigenvalue weighted by atomic mass is 32.2. The van der Waals surface area contributed by atoms with E-state index in [-0.39, 0.29) is 10.6 Å². The highest BCUT2D eigenvalue weighted by molar-refractivity contribution is 7.89. The van der Waals surface area contributed by atoms with Gasteiger partial charge in [-0.15, -0.1) is 0 Å². The SMILES string of the molecule is CN(C)C1=NC(c2ccccc2)C(c2ccccc2)N1S(=O)(=O)c1ccc([N+](=O)[O-])cc1. The molecular weight excluding hydrogens is 428 g/mol. The summed E-state index contributed by atoms with van der Waals surface area (Å²) in [6.45, 7) is 0. The quantitative estimate of drug-likeness (QED) is 0.432. The monoisotopic (exact) mass is 450 g/mol. The summed E-state index contributed by atoms with van der Waals surface area (Å²) in [5.41, 5.74) is 1.52. The first-order valence-electron chi connectivity index (χ1n) is 9.94. The lowest BCUT2D eigenvalue weighted by Crippen LogP contribution is -2.43. The van der Waals surface area contributed by atoms with Crippen molar-refractivity contribution in [2.24, 2.45) is 4.99 Å². The van der Waals surface area contributed by atoms with Crippen molar-refractivity contribution >= 4 is 21.7 Å². The Labute approximate surface area is 186 Å². The largest absolute Gasteiger partial charge is 0.348 e. The predicted octanol–water partition coefficient (Wildman–Crippen LogP) is 4.00. The maximum absolute atomic E-state index is 13.8. The van der Waals surface area contributed by atoms with Crippen LogP contribution < -0.4 is 0 Å². The van der Waals surface area contributed by atoms with Gasteiger partial charge in [-0.3, -0.25) is 10.1 Å². The summed E-state index contributed by atoms with van der Waals surface area (Å²) >= 11 is 0. The van der Waals surface area contributed by atoms with Crippen molar-refractivity contribution in [2.75, 3.05) is 14.1 Å².